The van der Waals surface area contributed by atoms with Gasteiger partial charge in [-0.3, -0.25) is 4.57 Å². The van der Waals surface area contributed by atoms with Crippen molar-refractivity contribution in [3.63, 3.8) is 0 Å². The van der Waals surface area contributed by atoms with E-state index in [9.17, 15) is 0 Å². The van der Waals surface area contributed by atoms with Crippen molar-refractivity contribution in [2.24, 2.45) is 0 Å². The van der Waals surface area contributed by atoms with E-state index in [1.165, 1.54) is 5.56 Å². The molecular weight excluding hydrogens is 342 g/mol. The maximum atomic E-state index is 5.17. The molecule has 5 heteroatoms. The van der Waals surface area contributed by atoms with Crippen LogP contribution >= 0.6 is 11.8 Å². The topological polar surface area (TPSA) is 39.9 Å². The lowest BCUT2D eigenvalue weighted by molar-refractivity contribution is 0.218. The number of benzene rings is 2. The Bertz CT molecular complexity index is 836. The number of hydrogen-bond acceptors (Lipinski definition) is 4. The molecule has 0 unspecified atom stereocenters. The summed E-state index contributed by atoms with van der Waals surface area (Å²) in [6, 6.07) is 18.9. The SMILES string of the molecule is COCCSc1nnc(-c2ccc(C(C)(C)C)cc2)n1-c1ccccc1. The normalized spacial score (nSPS) is 11.7. The molecule has 0 N–H and O–H groups in total. The second-order valence-electron chi connectivity index (χ2n) is 7.15. The molecule has 1 aromatic heterocycles. The molecule has 0 fully saturated rings. The van der Waals surface area contributed by atoms with E-state index in [2.05, 4.69) is 71.9 Å². The summed E-state index contributed by atoms with van der Waals surface area (Å²) in [6.07, 6.45) is 0. The van der Waals surface area contributed by atoms with E-state index in [0.29, 0.717) is 6.61 Å². The fourth-order valence-corrected chi connectivity index (χ4v) is 3.55. The zero-order valence-electron chi connectivity index (χ0n) is 15.8. The van der Waals surface area contributed by atoms with Crippen molar-refractivity contribution in [3.05, 3.63) is 60.2 Å². The number of nitrogens with zero attached hydrogens (tertiary/aromatic N) is 3. The van der Waals surface area contributed by atoms with Gasteiger partial charge in [-0.2, -0.15) is 0 Å². The fraction of sp³-hybridized carbons (Fsp3) is 0.333. The van der Waals surface area contributed by atoms with Gasteiger partial charge in [0.05, 0.1) is 6.61 Å². The molecule has 2 aromatic carbocycles. The van der Waals surface area contributed by atoms with Crippen molar-refractivity contribution in [1.82, 2.24) is 14.8 Å². The molecule has 3 aromatic rings. The summed E-state index contributed by atoms with van der Waals surface area (Å²) in [4.78, 5) is 0. The quantitative estimate of drug-likeness (QED) is 0.455. The van der Waals surface area contributed by atoms with Gasteiger partial charge in [-0.05, 0) is 23.1 Å². The zero-order chi connectivity index (χ0) is 18.6. The highest BCUT2D eigenvalue weighted by Crippen LogP contribution is 2.30. The lowest BCUT2D eigenvalue weighted by atomic mass is 9.87. The lowest BCUT2D eigenvalue weighted by Gasteiger charge is -2.19. The Morgan fingerprint density at radius 3 is 2.27 bits per heavy atom. The predicted molar refractivity (Wildman–Crippen MR) is 108 cm³/mol. The van der Waals surface area contributed by atoms with Crippen LogP contribution < -0.4 is 0 Å². The molecular formula is C21H25N3OS. The predicted octanol–water partition coefficient (Wildman–Crippen LogP) is 4.97. The van der Waals surface area contributed by atoms with Gasteiger partial charge in [-0.1, -0.05) is 75.0 Å². The molecule has 3 rings (SSSR count). The summed E-state index contributed by atoms with van der Waals surface area (Å²) in [6.45, 7) is 7.35. The monoisotopic (exact) mass is 367 g/mol. The number of methoxy groups -OCH3 is 1. The minimum absolute atomic E-state index is 0.132. The van der Waals surface area contributed by atoms with Crippen molar-refractivity contribution in [2.45, 2.75) is 31.3 Å². The standard InChI is InChI=1S/C21H25N3OS/c1-21(2,3)17-12-10-16(11-13-17)19-22-23-20(26-15-14-25-4)24(19)18-8-6-5-7-9-18/h5-13H,14-15H2,1-4H3. The Labute approximate surface area is 159 Å². The van der Waals surface area contributed by atoms with Gasteiger partial charge in [0, 0.05) is 24.1 Å². The summed E-state index contributed by atoms with van der Waals surface area (Å²) in [5.41, 5.74) is 3.56. The Hall–Kier alpha value is -2.11. The highest BCUT2D eigenvalue weighted by atomic mass is 32.2. The molecule has 136 valence electrons. The van der Waals surface area contributed by atoms with Gasteiger partial charge < -0.3 is 4.74 Å². The smallest absolute Gasteiger partial charge is 0.196 e. The third-order valence-corrected chi connectivity index (χ3v) is 5.07. The number of aromatic nitrogens is 3. The van der Waals surface area contributed by atoms with Crippen LogP contribution in [0.2, 0.25) is 0 Å². The molecule has 0 amide bonds. The molecule has 26 heavy (non-hydrogen) atoms. The second-order valence-corrected chi connectivity index (χ2v) is 8.21. The molecule has 0 bridgehead atoms. The van der Waals surface area contributed by atoms with Crippen LogP contribution in [0.3, 0.4) is 0 Å². The Balaban J connectivity index is 2.01. The van der Waals surface area contributed by atoms with Gasteiger partial charge in [0.25, 0.3) is 0 Å². The van der Waals surface area contributed by atoms with E-state index in [4.69, 9.17) is 4.74 Å². The first-order valence-corrected chi connectivity index (χ1v) is 9.73. The Kier molecular flexibility index (Phi) is 5.79. The Morgan fingerprint density at radius 1 is 0.962 bits per heavy atom. The van der Waals surface area contributed by atoms with Crippen LogP contribution in [0.4, 0.5) is 0 Å². The molecule has 0 radical (unpaired) electrons. The van der Waals surface area contributed by atoms with Crippen LogP contribution in [-0.4, -0.2) is 34.2 Å². The van der Waals surface area contributed by atoms with Gasteiger partial charge in [0.1, 0.15) is 0 Å². The summed E-state index contributed by atoms with van der Waals surface area (Å²) in [5, 5.41) is 9.79. The van der Waals surface area contributed by atoms with Gasteiger partial charge in [0.2, 0.25) is 0 Å². The maximum Gasteiger partial charge on any atom is 0.196 e. The first-order chi connectivity index (χ1) is 12.5. The van der Waals surface area contributed by atoms with E-state index in [1.807, 2.05) is 18.2 Å². The van der Waals surface area contributed by atoms with Crippen LogP contribution in [0.1, 0.15) is 26.3 Å². The average Bonchev–Trinajstić information content (AvgIpc) is 3.06. The Morgan fingerprint density at radius 2 is 1.65 bits per heavy atom. The number of thioether (sulfide) groups is 1. The van der Waals surface area contributed by atoms with E-state index in [0.717, 1.165) is 28.0 Å². The van der Waals surface area contributed by atoms with Gasteiger partial charge in [0.15, 0.2) is 11.0 Å². The average molecular weight is 368 g/mol. The van der Waals surface area contributed by atoms with Crippen LogP contribution in [0.25, 0.3) is 17.1 Å². The minimum Gasteiger partial charge on any atom is -0.384 e. The van der Waals surface area contributed by atoms with Crippen LogP contribution in [0.5, 0.6) is 0 Å². The molecule has 4 nitrogen and oxygen atoms in total. The second kappa shape index (κ2) is 8.06. The van der Waals surface area contributed by atoms with Gasteiger partial charge in [-0.25, -0.2) is 0 Å². The van der Waals surface area contributed by atoms with Crippen molar-refractivity contribution < 1.29 is 4.74 Å². The van der Waals surface area contributed by atoms with Crippen LogP contribution in [0.15, 0.2) is 59.8 Å². The van der Waals surface area contributed by atoms with E-state index in [-0.39, 0.29) is 5.41 Å². The molecule has 0 spiro atoms. The molecule has 0 aliphatic carbocycles. The number of ether oxygens (including phenoxy) is 1. The summed E-state index contributed by atoms with van der Waals surface area (Å²) >= 11 is 1.65. The maximum absolute atomic E-state index is 5.17. The number of hydrogen-bond donors (Lipinski definition) is 0. The molecule has 0 saturated carbocycles. The van der Waals surface area contributed by atoms with Crippen molar-refractivity contribution in [2.75, 3.05) is 19.5 Å². The van der Waals surface area contributed by atoms with Crippen LogP contribution in [0, 0.1) is 0 Å². The molecule has 0 aliphatic rings. The first kappa shape index (κ1) is 18.7. The fourth-order valence-electron chi connectivity index (χ4n) is 2.70. The number of rotatable bonds is 6. The molecule has 0 atom stereocenters. The highest BCUT2D eigenvalue weighted by Gasteiger charge is 2.18. The third kappa shape index (κ3) is 4.17. The van der Waals surface area contributed by atoms with Crippen molar-refractivity contribution in [1.29, 1.82) is 0 Å². The number of para-hydroxylation sites is 1. The van der Waals surface area contributed by atoms with E-state index < -0.39 is 0 Å². The van der Waals surface area contributed by atoms with Crippen LogP contribution in [-0.2, 0) is 10.2 Å². The van der Waals surface area contributed by atoms with E-state index in [1.54, 1.807) is 18.9 Å². The summed E-state index contributed by atoms with van der Waals surface area (Å²) in [7, 11) is 1.71. The molecule has 1 heterocycles. The minimum atomic E-state index is 0.132. The lowest BCUT2D eigenvalue weighted by Crippen LogP contribution is -2.10. The summed E-state index contributed by atoms with van der Waals surface area (Å²) < 4.78 is 7.28. The van der Waals surface area contributed by atoms with Gasteiger partial charge >= 0.3 is 0 Å². The molecule has 0 saturated heterocycles. The first-order valence-electron chi connectivity index (χ1n) is 8.74. The molecule has 0 aliphatic heterocycles. The van der Waals surface area contributed by atoms with Crippen molar-refractivity contribution in [3.8, 4) is 17.1 Å². The zero-order valence-corrected chi connectivity index (χ0v) is 16.6. The van der Waals surface area contributed by atoms with Gasteiger partial charge in [-0.15, -0.1) is 10.2 Å². The van der Waals surface area contributed by atoms with E-state index >= 15 is 0 Å². The largest absolute Gasteiger partial charge is 0.384 e. The highest BCUT2D eigenvalue weighted by molar-refractivity contribution is 7.99. The van der Waals surface area contributed by atoms with Crippen molar-refractivity contribution >= 4 is 11.8 Å². The summed E-state index contributed by atoms with van der Waals surface area (Å²) in [5.74, 6) is 1.70. The third-order valence-electron chi connectivity index (χ3n) is 4.18.